The third kappa shape index (κ3) is 3.70. The number of nitrogens with two attached hydrogens (primary N) is 1. The van der Waals surface area contributed by atoms with Crippen molar-refractivity contribution >= 4 is 21.6 Å². The van der Waals surface area contributed by atoms with Crippen molar-refractivity contribution < 1.29 is 17.6 Å². The molecule has 0 unspecified atom stereocenters. The molecule has 6 heteroatoms. The fraction of sp³-hybridized carbons (Fsp3) is 0.333. The summed E-state index contributed by atoms with van der Waals surface area (Å²) in [6.45, 7) is 4.00. The summed E-state index contributed by atoms with van der Waals surface area (Å²) in [4.78, 5) is 0. The first-order valence-electron chi connectivity index (χ1n) is 4.14. The minimum Gasteiger partial charge on any atom is -0.395 e. The lowest BCUT2D eigenvalue weighted by molar-refractivity contribution is -0.137. The van der Waals surface area contributed by atoms with Gasteiger partial charge in [-0.25, -0.2) is 4.39 Å². The van der Waals surface area contributed by atoms with Gasteiger partial charge in [-0.05, 0) is 28.1 Å². The van der Waals surface area contributed by atoms with Crippen LogP contribution in [0.1, 0.15) is 19.4 Å². The molecule has 0 aromatic heterocycles. The summed E-state index contributed by atoms with van der Waals surface area (Å²) in [5.41, 5.74) is 3.72. The average molecular weight is 288 g/mol. The van der Waals surface area contributed by atoms with Gasteiger partial charge in [0.2, 0.25) is 0 Å². The quantitative estimate of drug-likeness (QED) is 0.561. The van der Waals surface area contributed by atoms with Crippen LogP contribution in [0.15, 0.2) is 16.6 Å². The standard InChI is InChI=1S/C7H4BrF4N.C2H6/c8-4-1-3(7(10,11)12)2-5(9)6(4)13;1-2/h1-2H,13H2;1-2H3. The first-order valence-corrected chi connectivity index (χ1v) is 4.93. The third-order valence-electron chi connectivity index (χ3n) is 1.41. The maximum absolute atomic E-state index is 12.7. The van der Waals surface area contributed by atoms with Crippen LogP contribution in [0.25, 0.3) is 0 Å². The molecule has 0 bridgehead atoms. The topological polar surface area (TPSA) is 26.0 Å². The fourth-order valence-corrected chi connectivity index (χ4v) is 1.18. The highest BCUT2D eigenvalue weighted by Gasteiger charge is 2.31. The van der Waals surface area contributed by atoms with Crippen molar-refractivity contribution in [3.63, 3.8) is 0 Å². The van der Waals surface area contributed by atoms with Gasteiger partial charge >= 0.3 is 6.18 Å². The lowest BCUT2D eigenvalue weighted by atomic mass is 10.2. The molecule has 0 radical (unpaired) electrons. The van der Waals surface area contributed by atoms with Gasteiger partial charge in [0.25, 0.3) is 0 Å². The maximum atomic E-state index is 12.7. The molecule has 0 fully saturated rings. The van der Waals surface area contributed by atoms with Crippen molar-refractivity contribution in [1.82, 2.24) is 0 Å². The molecule has 86 valence electrons. The van der Waals surface area contributed by atoms with Gasteiger partial charge in [-0.15, -0.1) is 0 Å². The van der Waals surface area contributed by atoms with Crippen molar-refractivity contribution in [2.24, 2.45) is 0 Å². The number of halogens is 5. The molecule has 0 spiro atoms. The first-order chi connectivity index (χ1) is 6.82. The van der Waals surface area contributed by atoms with Gasteiger partial charge < -0.3 is 5.73 Å². The van der Waals surface area contributed by atoms with E-state index in [1.165, 1.54) is 0 Å². The monoisotopic (exact) mass is 287 g/mol. The second kappa shape index (κ2) is 5.34. The number of hydrogen-bond donors (Lipinski definition) is 1. The zero-order valence-electron chi connectivity index (χ0n) is 8.12. The summed E-state index contributed by atoms with van der Waals surface area (Å²) in [7, 11) is 0. The van der Waals surface area contributed by atoms with Gasteiger partial charge in [0, 0.05) is 4.47 Å². The lowest BCUT2D eigenvalue weighted by Crippen LogP contribution is -2.06. The zero-order valence-corrected chi connectivity index (χ0v) is 9.71. The number of hydrogen-bond acceptors (Lipinski definition) is 1. The molecule has 15 heavy (non-hydrogen) atoms. The minimum atomic E-state index is -4.56. The highest BCUT2D eigenvalue weighted by Crippen LogP contribution is 2.34. The summed E-state index contributed by atoms with van der Waals surface area (Å²) >= 11 is 2.72. The van der Waals surface area contributed by atoms with E-state index in [0.717, 1.165) is 6.07 Å². The van der Waals surface area contributed by atoms with E-state index >= 15 is 0 Å². The number of alkyl halides is 3. The van der Waals surface area contributed by atoms with Crippen molar-refractivity contribution in [3.05, 3.63) is 28.0 Å². The Morgan fingerprint density at radius 3 is 2.00 bits per heavy atom. The van der Waals surface area contributed by atoms with E-state index < -0.39 is 17.6 Å². The second-order valence-corrected chi connectivity index (χ2v) is 3.21. The van der Waals surface area contributed by atoms with E-state index in [0.29, 0.717) is 6.07 Å². The molecule has 1 aromatic carbocycles. The average Bonchev–Trinajstić information content (AvgIpc) is 2.15. The molecule has 0 aliphatic carbocycles. The SMILES string of the molecule is CC.Nc1c(F)cc(C(F)(F)F)cc1Br. The third-order valence-corrected chi connectivity index (χ3v) is 2.06. The van der Waals surface area contributed by atoms with Gasteiger partial charge in [0.05, 0.1) is 11.3 Å². The number of anilines is 1. The minimum absolute atomic E-state index is 0.0974. The fourth-order valence-electron chi connectivity index (χ4n) is 0.748. The Labute approximate surface area is 93.4 Å². The predicted octanol–water partition coefficient (Wildman–Crippen LogP) is 4.22. The lowest BCUT2D eigenvalue weighted by Gasteiger charge is -2.08. The van der Waals surface area contributed by atoms with Crippen molar-refractivity contribution in [2.45, 2.75) is 20.0 Å². The molecule has 0 saturated carbocycles. The number of benzene rings is 1. The molecule has 0 atom stereocenters. The van der Waals surface area contributed by atoms with E-state index in [2.05, 4.69) is 15.9 Å². The first kappa shape index (κ1) is 14.2. The smallest absolute Gasteiger partial charge is 0.395 e. The molecular formula is C9H10BrF4N. The van der Waals surface area contributed by atoms with Gasteiger partial charge in [-0.2, -0.15) is 13.2 Å². The van der Waals surface area contributed by atoms with Crippen molar-refractivity contribution in [1.29, 1.82) is 0 Å². The highest BCUT2D eigenvalue weighted by molar-refractivity contribution is 9.10. The Balaban J connectivity index is 0.000000921. The van der Waals surface area contributed by atoms with Gasteiger partial charge in [-0.1, -0.05) is 13.8 Å². The maximum Gasteiger partial charge on any atom is 0.416 e. The summed E-state index contributed by atoms with van der Waals surface area (Å²) in [5.74, 6) is -1.08. The van der Waals surface area contributed by atoms with E-state index in [1.54, 1.807) is 0 Å². The van der Waals surface area contributed by atoms with Crippen LogP contribution in [-0.2, 0) is 6.18 Å². The Kier molecular flexibility index (Phi) is 5.07. The second-order valence-electron chi connectivity index (χ2n) is 2.35. The van der Waals surface area contributed by atoms with Crippen LogP contribution in [0.2, 0.25) is 0 Å². The van der Waals surface area contributed by atoms with Crippen LogP contribution >= 0.6 is 15.9 Å². The van der Waals surface area contributed by atoms with Crippen LogP contribution < -0.4 is 5.73 Å². The van der Waals surface area contributed by atoms with Gasteiger partial charge in [0.15, 0.2) is 0 Å². The van der Waals surface area contributed by atoms with Crippen LogP contribution in [0, 0.1) is 5.82 Å². The van der Waals surface area contributed by atoms with Crippen LogP contribution in [0.5, 0.6) is 0 Å². The molecule has 0 saturated heterocycles. The van der Waals surface area contributed by atoms with Crippen molar-refractivity contribution in [2.75, 3.05) is 5.73 Å². The molecule has 1 aromatic rings. The van der Waals surface area contributed by atoms with E-state index in [4.69, 9.17) is 5.73 Å². The zero-order chi connectivity index (χ0) is 12.2. The largest absolute Gasteiger partial charge is 0.416 e. The van der Waals surface area contributed by atoms with Crippen LogP contribution in [0.4, 0.5) is 23.2 Å². The Morgan fingerprint density at radius 1 is 1.20 bits per heavy atom. The molecule has 0 aliphatic rings. The number of nitrogen functional groups attached to an aromatic ring is 1. The molecule has 2 N–H and O–H groups in total. The Morgan fingerprint density at radius 2 is 1.67 bits per heavy atom. The van der Waals surface area contributed by atoms with E-state index in [1.807, 2.05) is 13.8 Å². The summed E-state index contributed by atoms with van der Waals surface area (Å²) < 4.78 is 48.8. The summed E-state index contributed by atoms with van der Waals surface area (Å²) in [6.07, 6.45) is -4.56. The normalized spacial score (nSPS) is 10.6. The molecule has 1 nitrogen and oxygen atoms in total. The molecular weight excluding hydrogens is 278 g/mol. The number of rotatable bonds is 0. The highest BCUT2D eigenvalue weighted by atomic mass is 79.9. The van der Waals surface area contributed by atoms with Crippen LogP contribution in [-0.4, -0.2) is 0 Å². The Hall–Kier alpha value is -0.780. The van der Waals surface area contributed by atoms with Crippen molar-refractivity contribution in [3.8, 4) is 0 Å². The predicted molar refractivity (Wildman–Crippen MR) is 54.9 cm³/mol. The summed E-state index contributed by atoms with van der Waals surface area (Å²) in [6, 6.07) is 1.10. The summed E-state index contributed by atoms with van der Waals surface area (Å²) in [5, 5.41) is 0. The molecule has 0 aliphatic heterocycles. The molecule has 0 amide bonds. The van der Waals surface area contributed by atoms with Gasteiger partial charge in [0.1, 0.15) is 5.82 Å². The molecule has 0 heterocycles. The molecule has 1 rings (SSSR count). The Bertz CT molecular complexity index is 312. The van der Waals surface area contributed by atoms with E-state index in [-0.39, 0.29) is 10.2 Å². The van der Waals surface area contributed by atoms with Crippen LogP contribution in [0.3, 0.4) is 0 Å². The van der Waals surface area contributed by atoms with E-state index in [9.17, 15) is 17.6 Å². The van der Waals surface area contributed by atoms with Gasteiger partial charge in [-0.3, -0.25) is 0 Å².